The van der Waals surface area contributed by atoms with Crippen molar-refractivity contribution in [2.75, 3.05) is 0 Å². The highest BCUT2D eigenvalue weighted by Gasteiger charge is 2.59. The van der Waals surface area contributed by atoms with Gasteiger partial charge in [-0.3, -0.25) is 4.79 Å². The average molecular weight is 349 g/mol. The second kappa shape index (κ2) is 5.61. The smallest absolute Gasteiger partial charge is 0.422 e. The Bertz CT molecular complexity index is 817. The van der Waals surface area contributed by atoms with Crippen molar-refractivity contribution in [3.8, 4) is 11.1 Å². The number of rotatable bonds is 3. The largest absolute Gasteiger partial charge is 0.479 e. The van der Waals surface area contributed by atoms with Crippen LogP contribution in [-0.2, 0) is 9.59 Å². The minimum atomic E-state index is -5.13. The number of amides is 1. The van der Waals surface area contributed by atoms with Crippen LogP contribution in [0.15, 0.2) is 48.5 Å². The number of carboxylic acids is 1. The maximum atomic E-state index is 13.2. The molecule has 2 N–H and O–H groups in total. The summed E-state index contributed by atoms with van der Waals surface area (Å²) in [6.45, 7) is 0.444. The SMILES string of the molecule is C[C@@](NC(=O)C1c2ccccc2-c2ccccc21)(C(=O)O)C(F)(F)F. The van der Waals surface area contributed by atoms with Crippen LogP contribution in [0.1, 0.15) is 24.0 Å². The van der Waals surface area contributed by atoms with Crippen LogP contribution in [0.4, 0.5) is 13.2 Å². The number of carbonyl (C=O) groups excluding carboxylic acids is 1. The van der Waals surface area contributed by atoms with Crippen LogP contribution in [0.5, 0.6) is 0 Å². The lowest BCUT2D eigenvalue weighted by Crippen LogP contribution is -2.62. The van der Waals surface area contributed by atoms with Gasteiger partial charge < -0.3 is 10.4 Å². The number of nitrogens with one attached hydrogen (secondary N) is 1. The molecule has 1 aliphatic carbocycles. The van der Waals surface area contributed by atoms with Crippen molar-refractivity contribution in [3.63, 3.8) is 0 Å². The molecule has 0 saturated carbocycles. The monoisotopic (exact) mass is 349 g/mol. The van der Waals surface area contributed by atoms with Gasteiger partial charge in [0.25, 0.3) is 0 Å². The highest BCUT2D eigenvalue weighted by Crippen LogP contribution is 2.45. The summed E-state index contributed by atoms with van der Waals surface area (Å²) in [6, 6.07) is 13.8. The summed E-state index contributed by atoms with van der Waals surface area (Å²) >= 11 is 0. The number of carboxylic acid groups (broad SMARTS) is 1. The lowest BCUT2D eigenvalue weighted by molar-refractivity contribution is -0.207. The van der Waals surface area contributed by atoms with E-state index < -0.39 is 29.5 Å². The van der Waals surface area contributed by atoms with E-state index in [-0.39, 0.29) is 0 Å². The van der Waals surface area contributed by atoms with Gasteiger partial charge in [-0.05, 0) is 29.2 Å². The van der Waals surface area contributed by atoms with Crippen LogP contribution in [0, 0.1) is 0 Å². The molecular weight excluding hydrogens is 335 g/mol. The number of alkyl halides is 3. The summed E-state index contributed by atoms with van der Waals surface area (Å²) in [6.07, 6.45) is -5.13. The fraction of sp³-hybridized carbons (Fsp3) is 0.222. The minimum absolute atomic E-state index is 0.444. The molecule has 2 aromatic rings. The normalized spacial score (nSPS) is 15.8. The van der Waals surface area contributed by atoms with Crippen molar-refractivity contribution in [1.82, 2.24) is 5.32 Å². The summed E-state index contributed by atoms with van der Waals surface area (Å²) in [5, 5.41) is 10.7. The summed E-state index contributed by atoms with van der Waals surface area (Å²) in [5.74, 6) is -4.15. The summed E-state index contributed by atoms with van der Waals surface area (Å²) in [4.78, 5) is 23.8. The first-order valence-corrected chi connectivity index (χ1v) is 7.47. The maximum Gasteiger partial charge on any atom is 0.422 e. The van der Waals surface area contributed by atoms with Gasteiger partial charge in [0.1, 0.15) is 0 Å². The van der Waals surface area contributed by atoms with E-state index in [2.05, 4.69) is 0 Å². The average Bonchev–Trinajstić information content (AvgIpc) is 2.88. The number of benzene rings is 2. The second-order valence-corrected chi connectivity index (χ2v) is 6.02. The Morgan fingerprint density at radius 3 is 1.80 bits per heavy atom. The molecule has 1 aliphatic rings. The lowest BCUT2D eigenvalue weighted by Gasteiger charge is -2.30. The van der Waals surface area contributed by atoms with Gasteiger partial charge in [-0.15, -0.1) is 0 Å². The van der Waals surface area contributed by atoms with Gasteiger partial charge in [0.05, 0.1) is 5.92 Å². The van der Waals surface area contributed by atoms with Gasteiger partial charge in [-0.1, -0.05) is 48.5 Å². The highest BCUT2D eigenvalue weighted by atomic mass is 19.4. The highest BCUT2D eigenvalue weighted by molar-refractivity contribution is 5.98. The third-order valence-corrected chi connectivity index (χ3v) is 4.46. The van der Waals surface area contributed by atoms with Crippen molar-refractivity contribution >= 4 is 11.9 Å². The van der Waals surface area contributed by atoms with Crippen LogP contribution >= 0.6 is 0 Å². The standard InChI is InChI=1S/C18H14F3NO3/c1-17(16(24)25,18(19,20)21)22-15(23)14-12-8-4-2-6-10(12)11-7-3-5-9-13(11)14/h2-9,14H,1H3,(H,22,23)(H,24,25)/t17-/m1/s1. The van der Waals surface area contributed by atoms with Gasteiger partial charge in [-0.25, -0.2) is 4.79 Å². The molecule has 0 radical (unpaired) electrons. The van der Waals surface area contributed by atoms with Gasteiger partial charge in [0.2, 0.25) is 11.4 Å². The summed E-state index contributed by atoms with van der Waals surface area (Å²) in [7, 11) is 0. The predicted molar refractivity (Wildman–Crippen MR) is 84.0 cm³/mol. The molecule has 2 aromatic carbocycles. The Labute approximate surface area is 141 Å². The molecule has 0 saturated heterocycles. The van der Waals surface area contributed by atoms with E-state index in [0.29, 0.717) is 18.1 Å². The van der Waals surface area contributed by atoms with Gasteiger partial charge in [0.15, 0.2) is 0 Å². The van der Waals surface area contributed by atoms with E-state index in [9.17, 15) is 22.8 Å². The first kappa shape index (κ1) is 17.0. The number of aliphatic carboxylic acids is 1. The van der Waals surface area contributed by atoms with Crippen LogP contribution in [0.2, 0.25) is 0 Å². The Morgan fingerprint density at radius 2 is 1.40 bits per heavy atom. The molecule has 0 unspecified atom stereocenters. The Balaban J connectivity index is 2.05. The van der Waals surface area contributed by atoms with Crippen molar-refractivity contribution in [2.45, 2.75) is 24.6 Å². The van der Waals surface area contributed by atoms with E-state index in [4.69, 9.17) is 5.11 Å². The van der Waals surface area contributed by atoms with Crippen LogP contribution in [-0.4, -0.2) is 28.7 Å². The number of hydrogen-bond acceptors (Lipinski definition) is 2. The zero-order chi connectivity index (χ0) is 18.4. The van der Waals surface area contributed by atoms with Crippen LogP contribution < -0.4 is 5.32 Å². The molecular formula is C18H14F3NO3. The molecule has 0 bridgehead atoms. The Kier molecular flexibility index (Phi) is 3.82. The number of fused-ring (bicyclic) bond motifs is 3. The molecule has 0 aliphatic heterocycles. The predicted octanol–water partition coefficient (Wildman–Crippen LogP) is 3.32. The summed E-state index contributed by atoms with van der Waals surface area (Å²) in [5.41, 5.74) is -0.756. The Hall–Kier alpha value is -2.83. The van der Waals surface area contributed by atoms with Crippen LogP contribution in [0.3, 0.4) is 0 Å². The molecule has 0 heterocycles. The van der Waals surface area contributed by atoms with E-state index in [1.165, 1.54) is 0 Å². The third-order valence-electron chi connectivity index (χ3n) is 4.46. The molecule has 1 atom stereocenters. The Morgan fingerprint density at radius 1 is 0.960 bits per heavy atom. The lowest BCUT2D eigenvalue weighted by atomic mass is 9.93. The molecule has 3 rings (SSSR count). The molecule has 25 heavy (non-hydrogen) atoms. The van der Waals surface area contributed by atoms with Gasteiger partial charge in [0, 0.05) is 0 Å². The van der Waals surface area contributed by atoms with Crippen molar-refractivity contribution < 1.29 is 27.9 Å². The number of halogens is 3. The van der Waals surface area contributed by atoms with E-state index >= 15 is 0 Å². The first-order valence-electron chi connectivity index (χ1n) is 7.47. The van der Waals surface area contributed by atoms with Crippen molar-refractivity contribution in [3.05, 3.63) is 59.7 Å². The fourth-order valence-electron chi connectivity index (χ4n) is 3.00. The van der Waals surface area contributed by atoms with E-state index in [1.807, 2.05) is 0 Å². The molecule has 0 fully saturated rings. The second-order valence-electron chi connectivity index (χ2n) is 6.02. The molecule has 0 aromatic heterocycles. The first-order chi connectivity index (χ1) is 11.7. The maximum absolute atomic E-state index is 13.2. The summed E-state index contributed by atoms with van der Waals surface area (Å²) < 4.78 is 39.6. The fourth-order valence-corrected chi connectivity index (χ4v) is 3.00. The van der Waals surface area contributed by atoms with Gasteiger partial charge >= 0.3 is 12.1 Å². The molecule has 7 heteroatoms. The number of hydrogen-bond donors (Lipinski definition) is 2. The molecule has 130 valence electrons. The zero-order valence-corrected chi connectivity index (χ0v) is 13.1. The van der Waals surface area contributed by atoms with Gasteiger partial charge in [-0.2, -0.15) is 13.2 Å². The van der Waals surface area contributed by atoms with Crippen LogP contribution in [0.25, 0.3) is 11.1 Å². The van der Waals surface area contributed by atoms with E-state index in [0.717, 1.165) is 11.1 Å². The quantitative estimate of drug-likeness (QED) is 0.893. The third kappa shape index (κ3) is 2.56. The number of carbonyl (C=O) groups is 2. The molecule has 4 nitrogen and oxygen atoms in total. The molecule has 0 spiro atoms. The van der Waals surface area contributed by atoms with Crippen molar-refractivity contribution in [1.29, 1.82) is 0 Å². The van der Waals surface area contributed by atoms with E-state index in [1.54, 1.807) is 53.8 Å². The minimum Gasteiger partial charge on any atom is -0.479 e. The topological polar surface area (TPSA) is 66.4 Å². The zero-order valence-electron chi connectivity index (χ0n) is 13.1. The van der Waals surface area contributed by atoms with Crippen molar-refractivity contribution in [2.24, 2.45) is 0 Å². The molecule has 1 amide bonds.